The Kier molecular flexibility index (Phi) is 6.88. The Hall–Kier alpha value is -1.20. The molecule has 1 fully saturated rings. The molecule has 0 aliphatic carbocycles. The number of hydrogen-bond donors (Lipinski definition) is 2. The SMILES string of the molecule is Cl.O=C(NCCc1cc(F)cc(F)c1)C1CCCCN1. The molecule has 3 nitrogen and oxygen atoms in total. The van der Waals surface area contributed by atoms with E-state index in [1.807, 2.05) is 0 Å². The third-order valence-electron chi connectivity index (χ3n) is 3.26. The van der Waals surface area contributed by atoms with Gasteiger partial charge in [0.2, 0.25) is 5.91 Å². The van der Waals surface area contributed by atoms with Gasteiger partial charge in [-0.3, -0.25) is 4.79 Å². The molecule has 0 spiro atoms. The van der Waals surface area contributed by atoms with E-state index >= 15 is 0 Å². The van der Waals surface area contributed by atoms with Gasteiger partial charge in [0, 0.05) is 12.6 Å². The summed E-state index contributed by atoms with van der Waals surface area (Å²) in [7, 11) is 0. The number of piperidine rings is 1. The molecular weight excluding hydrogens is 286 g/mol. The molecule has 1 aromatic rings. The lowest BCUT2D eigenvalue weighted by molar-refractivity contribution is -0.123. The predicted octanol–water partition coefficient (Wildman–Crippen LogP) is 2.19. The molecule has 1 heterocycles. The van der Waals surface area contributed by atoms with E-state index in [2.05, 4.69) is 10.6 Å². The molecule has 0 radical (unpaired) electrons. The standard InChI is InChI=1S/C14H18F2N2O.ClH/c15-11-7-10(8-12(16)9-11)4-6-18-14(19)13-3-1-2-5-17-13;/h7-9,13,17H,1-6H2,(H,18,19);1H. The summed E-state index contributed by atoms with van der Waals surface area (Å²) in [6.45, 7) is 1.26. The monoisotopic (exact) mass is 304 g/mol. The van der Waals surface area contributed by atoms with E-state index in [4.69, 9.17) is 0 Å². The zero-order valence-corrected chi connectivity index (χ0v) is 11.9. The van der Waals surface area contributed by atoms with Gasteiger partial charge in [-0.1, -0.05) is 6.42 Å². The molecule has 1 aliphatic heterocycles. The second-order valence-electron chi connectivity index (χ2n) is 4.82. The van der Waals surface area contributed by atoms with E-state index in [0.717, 1.165) is 31.9 Å². The van der Waals surface area contributed by atoms with E-state index in [-0.39, 0.29) is 24.4 Å². The number of benzene rings is 1. The highest BCUT2D eigenvalue weighted by molar-refractivity contribution is 5.85. The number of halogens is 3. The van der Waals surface area contributed by atoms with Gasteiger partial charge in [0.05, 0.1) is 6.04 Å². The van der Waals surface area contributed by atoms with Gasteiger partial charge < -0.3 is 10.6 Å². The van der Waals surface area contributed by atoms with Gasteiger partial charge in [0.25, 0.3) is 0 Å². The largest absolute Gasteiger partial charge is 0.354 e. The minimum atomic E-state index is -0.588. The fourth-order valence-electron chi connectivity index (χ4n) is 2.28. The molecule has 20 heavy (non-hydrogen) atoms. The van der Waals surface area contributed by atoms with Crippen LogP contribution >= 0.6 is 12.4 Å². The summed E-state index contributed by atoms with van der Waals surface area (Å²) >= 11 is 0. The summed E-state index contributed by atoms with van der Waals surface area (Å²) in [5, 5.41) is 5.95. The Morgan fingerprint density at radius 1 is 1.25 bits per heavy atom. The van der Waals surface area contributed by atoms with E-state index < -0.39 is 11.6 Å². The van der Waals surface area contributed by atoms with E-state index in [9.17, 15) is 13.6 Å². The van der Waals surface area contributed by atoms with Crippen molar-refractivity contribution in [3.8, 4) is 0 Å². The Morgan fingerprint density at radius 3 is 2.55 bits per heavy atom. The fraction of sp³-hybridized carbons (Fsp3) is 0.500. The second kappa shape index (κ2) is 8.17. The van der Waals surface area contributed by atoms with Crippen molar-refractivity contribution in [3.05, 3.63) is 35.4 Å². The van der Waals surface area contributed by atoms with Crippen molar-refractivity contribution < 1.29 is 13.6 Å². The maximum Gasteiger partial charge on any atom is 0.237 e. The summed E-state index contributed by atoms with van der Waals surface area (Å²) < 4.78 is 25.9. The fourth-order valence-corrected chi connectivity index (χ4v) is 2.28. The quantitative estimate of drug-likeness (QED) is 0.895. The van der Waals surface area contributed by atoms with E-state index in [1.165, 1.54) is 12.1 Å². The first-order chi connectivity index (χ1) is 9.15. The van der Waals surface area contributed by atoms with Crippen molar-refractivity contribution in [1.82, 2.24) is 10.6 Å². The van der Waals surface area contributed by atoms with Crippen LogP contribution in [0.15, 0.2) is 18.2 Å². The first kappa shape index (κ1) is 16.9. The molecule has 112 valence electrons. The lowest BCUT2D eigenvalue weighted by atomic mass is 10.0. The Balaban J connectivity index is 0.00000200. The van der Waals surface area contributed by atoms with Crippen LogP contribution in [0.2, 0.25) is 0 Å². The third-order valence-corrected chi connectivity index (χ3v) is 3.26. The maximum absolute atomic E-state index is 13.0. The van der Waals surface area contributed by atoms with Gasteiger partial charge >= 0.3 is 0 Å². The highest BCUT2D eigenvalue weighted by Crippen LogP contribution is 2.09. The first-order valence-corrected chi connectivity index (χ1v) is 6.61. The summed E-state index contributed by atoms with van der Waals surface area (Å²) in [6, 6.07) is 3.29. The van der Waals surface area contributed by atoms with Crippen LogP contribution in [0.25, 0.3) is 0 Å². The molecule has 0 aromatic heterocycles. The van der Waals surface area contributed by atoms with Crippen molar-refractivity contribution >= 4 is 18.3 Å². The minimum Gasteiger partial charge on any atom is -0.354 e. The molecule has 0 bridgehead atoms. The smallest absolute Gasteiger partial charge is 0.237 e. The second-order valence-corrected chi connectivity index (χ2v) is 4.82. The molecule has 2 rings (SSSR count). The van der Waals surface area contributed by atoms with Crippen LogP contribution < -0.4 is 10.6 Å². The van der Waals surface area contributed by atoms with Crippen molar-refractivity contribution in [2.24, 2.45) is 0 Å². The molecule has 6 heteroatoms. The van der Waals surface area contributed by atoms with Crippen molar-refractivity contribution in [2.75, 3.05) is 13.1 Å². The van der Waals surface area contributed by atoms with Gasteiger partial charge in [-0.25, -0.2) is 8.78 Å². The average molecular weight is 305 g/mol. The Labute approximate surface area is 123 Å². The molecule has 1 amide bonds. The van der Waals surface area contributed by atoms with Crippen molar-refractivity contribution in [1.29, 1.82) is 0 Å². The predicted molar refractivity (Wildman–Crippen MR) is 76.0 cm³/mol. The van der Waals surface area contributed by atoms with Gasteiger partial charge in [-0.2, -0.15) is 0 Å². The number of hydrogen-bond acceptors (Lipinski definition) is 2. The third kappa shape index (κ3) is 5.06. The highest BCUT2D eigenvalue weighted by Gasteiger charge is 2.19. The Morgan fingerprint density at radius 2 is 1.95 bits per heavy atom. The van der Waals surface area contributed by atoms with E-state index in [0.29, 0.717) is 18.5 Å². The minimum absolute atomic E-state index is 0. The molecule has 1 saturated heterocycles. The van der Waals surface area contributed by atoms with Crippen LogP contribution in [0.3, 0.4) is 0 Å². The molecule has 1 aliphatic rings. The van der Waals surface area contributed by atoms with Crippen LogP contribution in [0.5, 0.6) is 0 Å². The number of carbonyl (C=O) groups is 1. The van der Waals surface area contributed by atoms with E-state index in [1.54, 1.807) is 0 Å². The molecule has 1 aromatic carbocycles. The zero-order chi connectivity index (χ0) is 13.7. The van der Waals surface area contributed by atoms with Crippen LogP contribution in [0, 0.1) is 11.6 Å². The van der Waals surface area contributed by atoms with Gasteiger partial charge in [0.15, 0.2) is 0 Å². The number of amides is 1. The molecule has 2 N–H and O–H groups in total. The van der Waals surface area contributed by atoms with Gasteiger partial charge in [0.1, 0.15) is 11.6 Å². The maximum atomic E-state index is 13.0. The summed E-state index contributed by atoms with van der Waals surface area (Å²) in [5.74, 6) is -1.21. The van der Waals surface area contributed by atoms with Crippen LogP contribution in [-0.2, 0) is 11.2 Å². The van der Waals surface area contributed by atoms with Gasteiger partial charge in [-0.15, -0.1) is 12.4 Å². The number of rotatable bonds is 4. The summed E-state index contributed by atoms with van der Waals surface area (Å²) in [5.41, 5.74) is 0.550. The van der Waals surface area contributed by atoms with Crippen molar-refractivity contribution in [2.45, 2.75) is 31.7 Å². The normalized spacial score (nSPS) is 18.2. The molecule has 1 unspecified atom stereocenters. The topological polar surface area (TPSA) is 41.1 Å². The van der Waals surface area contributed by atoms with Crippen LogP contribution in [0.1, 0.15) is 24.8 Å². The summed E-state index contributed by atoms with van der Waals surface area (Å²) in [4.78, 5) is 11.8. The lowest BCUT2D eigenvalue weighted by Crippen LogP contribution is -2.47. The Bertz CT molecular complexity index is 431. The molecule has 1 atom stereocenters. The van der Waals surface area contributed by atoms with Crippen molar-refractivity contribution in [3.63, 3.8) is 0 Å². The lowest BCUT2D eigenvalue weighted by Gasteiger charge is -2.22. The number of nitrogens with one attached hydrogen (secondary N) is 2. The molecular formula is C14H19ClF2N2O. The van der Waals surface area contributed by atoms with Crippen LogP contribution in [-0.4, -0.2) is 25.0 Å². The summed E-state index contributed by atoms with van der Waals surface area (Å²) in [6.07, 6.45) is 3.43. The molecule has 0 saturated carbocycles. The van der Waals surface area contributed by atoms with Gasteiger partial charge in [-0.05, 0) is 43.5 Å². The number of carbonyl (C=O) groups excluding carboxylic acids is 1. The zero-order valence-electron chi connectivity index (χ0n) is 11.1. The van der Waals surface area contributed by atoms with Crippen LogP contribution in [0.4, 0.5) is 8.78 Å². The average Bonchev–Trinajstić information content (AvgIpc) is 2.38. The first-order valence-electron chi connectivity index (χ1n) is 6.61. The highest BCUT2D eigenvalue weighted by atomic mass is 35.5.